The van der Waals surface area contributed by atoms with Crippen molar-refractivity contribution in [1.82, 2.24) is 14.6 Å². The molecule has 2 saturated heterocycles. The fourth-order valence-corrected chi connectivity index (χ4v) is 4.15. The van der Waals surface area contributed by atoms with Crippen LogP contribution in [0.5, 0.6) is 0 Å². The van der Waals surface area contributed by atoms with E-state index < -0.39 is 30.2 Å². The lowest BCUT2D eigenvalue weighted by atomic mass is 10.1. The maximum Gasteiger partial charge on any atom is 0.408 e. The van der Waals surface area contributed by atoms with Crippen LogP contribution in [0.15, 0.2) is 10.9 Å². The van der Waals surface area contributed by atoms with Gasteiger partial charge in [0.25, 0.3) is 11.5 Å². The third-order valence-electron chi connectivity index (χ3n) is 5.74. The predicted molar refractivity (Wildman–Crippen MR) is 95.6 cm³/mol. The van der Waals surface area contributed by atoms with E-state index in [1.165, 1.54) is 24.8 Å². The molecule has 3 aliphatic rings. The molecule has 4 heterocycles. The van der Waals surface area contributed by atoms with Gasteiger partial charge in [-0.1, -0.05) is 0 Å². The standard InChI is InChI=1S/C17H22F3N5O4/c1-22(28-2)15(27)8-25-12(17(18,19)20)3-4-23-14(26)6-13(21-16(23)25)24-7-11-5-10(24)9-29-11/h6,10-12H,3-5,7-9H2,1-2H3/t10-,11-,12?/m0/s1. The third-order valence-corrected chi connectivity index (χ3v) is 5.74. The number of alkyl halides is 3. The molecule has 1 unspecified atom stereocenters. The number of rotatable bonds is 4. The van der Waals surface area contributed by atoms with E-state index in [0.29, 0.717) is 19.0 Å². The van der Waals surface area contributed by atoms with Gasteiger partial charge in [0.05, 0.1) is 25.9 Å². The molecule has 0 saturated carbocycles. The van der Waals surface area contributed by atoms with Crippen molar-refractivity contribution in [2.24, 2.45) is 0 Å². The van der Waals surface area contributed by atoms with Crippen LogP contribution < -0.4 is 15.4 Å². The zero-order valence-corrected chi connectivity index (χ0v) is 16.1. The summed E-state index contributed by atoms with van der Waals surface area (Å²) in [5, 5.41) is 0.852. The zero-order valence-electron chi connectivity index (χ0n) is 16.1. The van der Waals surface area contributed by atoms with Crippen molar-refractivity contribution in [2.75, 3.05) is 43.7 Å². The molecule has 4 rings (SSSR count). The Balaban J connectivity index is 1.73. The summed E-state index contributed by atoms with van der Waals surface area (Å²) in [7, 11) is 2.56. The van der Waals surface area contributed by atoms with Gasteiger partial charge in [-0.15, -0.1) is 0 Å². The molecule has 9 nitrogen and oxygen atoms in total. The summed E-state index contributed by atoms with van der Waals surface area (Å²) < 4.78 is 47.8. The highest BCUT2D eigenvalue weighted by atomic mass is 19.4. The Labute approximate surface area is 164 Å². The second kappa shape index (κ2) is 7.17. The number of morpholine rings is 1. The van der Waals surface area contributed by atoms with E-state index in [-0.39, 0.29) is 31.1 Å². The molecule has 29 heavy (non-hydrogen) atoms. The van der Waals surface area contributed by atoms with Gasteiger partial charge in [0.1, 0.15) is 18.4 Å². The lowest BCUT2D eigenvalue weighted by molar-refractivity contribution is -0.169. The van der Waals surface area contributed by atoms with Gasteiger partial charge in [0, 0.05) is 26.2 Å². The summed E-state index contributed by atoms with van der Waals surface area (Å²) >= 11 is 0. The van der Waals surface area contributed by atoms with Gasteiger partial charge in [0.15, 0.2) is 0 Å². The first-order chi connectivity index (χ1) is 13.7. The summed E-state index contributed by atoms with van der Waals surface area (Å²) in [5.41, 5.74) is -0.438. The highest BCUT2D eigenvalue weighted by molar-refractivity contribution is 5.80. The van der Waals surface area contributed by atoms with Gasteiger partial charge in [-0.3, -0.25) is 19.0 Å². The van der Waals surface area contributed by atoms with E-state index in [2.05, 4.69) is 4.98 Å². The quantitative estimate of drug-likeness (QED) is 0.656. The van der Waals surface area contributed by atoms with Crippen molar-refractivity contribution in [2.45, 2.75) is 43.8 Å². The molecule has 1 aromatic rings. The maximum atomic E-state index is 13.7. The highest BCUT2D eigenvalue weighted by Crippen LogP contribution is 2.36. The topological polar surface area (TPSA) is 80.1 Å². The molecule has 12 heteroatoms. The Morgan fingerprint density at radius 3 is 2.79 bits per heavy atom. The van der Waals surface area contributed by atoms with Crippen LogP contribution in [0.2, 0.25) is 0 Å². The van der Waals surface area contributed by atoms with Gasteiger partial charge >= 0.3 is 6.18 Å². The molecule has 0 aliphatic carbocycles. The molecule has 3 atom stereocenters. The molecule has 2 fully saturated rings. The van der Waals surface area contributed by atoms with Crippen LogP contribution in [0.3, 0.4) is 0 Å². The number of carbonyl (C=O) groups is 1. The van der Waals surface area contributed by atoms with Crippen molar-refractivity contribution in [1.29, 1.82) is 0 Å². The molecule has 1 aromatic heterocycles. The van der Waals surface area contributed by atoms with Crippen LogP contribution in [-0.2, 0) is 20.9 Å². The van der Waals surface area contributed by atoms with Crippen molar-refractivity contribution < 1.29 is 27.5 Å². The predicted octanol–water partition coefficient (Wildman–Crippen LogP) is 0.382. The number of amides is 1. The first-order valence-electron chi connectivity index (χ1n) is 9.33. The SMILES string of the molecule is CON(C)C(=O)CN1c2nc(N3C[C@@H]4C[C@H]3CO4)cc(=O)n2CCC1C(F)(F)F. The number of fused-ring (bicyclic) bond motifs is 3. The molecule has 0 aromatic carbocycles. The second-order valence-corrected chi connectivity index (χ2v) is 7.45. The second-order valence-electron chi connectivity index (χ2n) is 7.45. The summed E-state index contributed by atoms with van der Waals surface area (Å²) in [4.78, 5) is 36.9. The largest absolute Gasteiger partial charge is 0.408 e. The number of likely N-dealkylation sites (N-methyl/N-ethyl adjacent to an activating group) is 1. The number of halogens is 3. The van der Waals surface area contributed by atoms with Crippen LogP contribution in [0.1, 0.15) is 12.8 Å². The van der Waals surface area contributed by atoms with Crippen LogP contribution >= 0.6 is 0 Å². The van der Waals surface area contributed by atoms with Crippen LogP contribution in [0.25, 0.3) is 0 Å². The van der Waals surface area contributed by atoms with Crippen LogP contribution in [-0.4, -0.2) is 78.7 Å². The molecule has 2 bridgehead atoms. The van der Waals surface area contributed by atoms with Crippen molar-refractivity contribution in [3.05, 3.63) is 16.4 Å². The zero-order chi connectivity index (χ0) is 20.9. The van der Waals surface area contributed by atoms with Crippen molar-refractivity contribution in [3.63, 3.8) is 0 Å². The minimum absolute atomic E-state index is 0.0385. The van der Waals surface area contributed by atoms with Gasteiger partial charge in [-0.25, -0.2) is 5.06 Å². The average Bonchev–Trinajstić information content (AvgIpc) is 3.30. The fourth-order valence-electron chi connectivity index (χ4n) is 4.15. The van der Waals surface area contributed by atoms with Crippen molar-refractivity contribution in [3.8, 4) is 0 Å². The van der Waals surface area contributed by atoms with Gasteiger partial charge in [-0.05, 0) is 12.8 Å². The highest BCUT2D eigenvalue weighted by Gasteiger charge is 2.48. The molecular formula is C17H22F3N5O4. The molecule has 0 spiro atoms. The molecular weight excluding hydrogens is 395 g/mol. The normalized spacial score (nSPS) is 26.0. The van der Waals surface area contributed by atoms with E-state index in [1.54, 1.807) is 0 Å². The van der Waals surface area contributed by atoms with Gasteiger partial charge in [0.2, 0.25) is 5.95 Å². The first-order valence-corrected chi connectivity index (χ1v) is 9.33. The van der Waals surface area contributed by atoms with E-state index in [9.17, 15) is 22.8 Å². The van der Waals surface area contributed by atoms with Gasteiger partial charge < -0.3 is 14.5 Å². The number of ether oxygens (including phenoxy) is 1. The van der Waals surface area contributed by atoms with Gasteiger partial charge in [-0.2, -0.15) is 18.2 Å². The monoisotopic (exact) mass is 417 g/mol. The minimum atomic E-state index is -4.58. The van der Waals surface area contributed by atoms with E-state index in [4.69, 9.17) is 9.57 Å². The Kier molecular flexibility index (Phi) is 4.93. The Morgan fingerprint density at radius 1 is 1.45 bits per heavy atom. The fraction of sp³-hybridized carbons (Fsp3) is 0.706. The smallest absolute Gasteiger partial charge is 0.374 e. The average molecular weight is 417 g/mol. The number of hydrogen-bond donors (Lipinski definition) is 0. The number of aromatic nitrogens is 2. The molecule has 1 amide bonds. The third kappa shape index (κ3) is 3.54. The van der Waals surface area contributed by atoms with Crippen LogP contribution in [0.4, 0.5) is 24.9 Å². The summed E-state index contributed by atoms with van der Waals surface area (Å²) in [6.45, 7) is 0.302. The first kappa shape index (κ1) is 20.0. The lowest BCUT2D eigenvalue weighted by Crippen LogP contribution is -2.55. The molecule has 160 valence electrons. The van der Waals surface area contributed by atoms with E-state index in [0.717, 1.165) is 16.4 Å². The number of nitrogens with zero attached hydrogens (tertiary/aromatic N) is 5. The van der Waals surface area contributed by atoms with Crippen LogP contribution in [0, 0.1) is 0 Å². The summed E-state index contributed by atoms with van der Waals surface area (Å²) in [6.07, 6.45) is -4.09. The summed E-state index contributed by atoms with van der Waals surface area (Å²) in [6, 6.07) is -0.525. The molecule has 0 N–H and O–H groups in total. The summed E-state index contributed by atoms with van der Waals surface area (Å²) in [5.74, 6) is -0.511. The Bertz CT molecular complexity index is 860. The Morgan fingerprint density at radius 2 is 2.21 bits per heavy atom. The number of anilines is 2. The van der Waals surface area contributed by atoms with E-state index >= 15 is 0 Å². The number of hydroxylamine groups is 2. The molecule has 0 radical (unpaired) electrons. The molecule has 3 aliphatic heterocycles. The van der Waals surface area contributed by atoms with E-state index in [1.807, 2.05) is 4.90 Å². The number of hydrogen-bond acceptors (Lipinski definition) is 7. The maximum absolute atomic E-state index is 13.7. The van der Waals surface area contributed by atoms with Crippen molar-refractivity contribution >= 4 is 17.7 Å². The Hall–Kier alpha value is -2.34. The lowest BCUT2D eigenvalue weighted by Gasteiger charge is -2.39. The minimum Gasteiger partial charge on any atom is -0.374 e. The number of carbonyl (C=O) groups excluding carboxylic acids is 1.